The van der Waals surface area contributed by atoms with Crippen molar-refractivity contribution in [2.75, 3.05) is 0 Å². The number of hydrogen-bond donors (Lipinski definition) is 2. The molecule has 14 heteroatoms. The van der Waals surface area contributed by atoms with Crippen LogP contribution in [0.5, 0.6) is 0 Å². The molecule has 0 amide bonds. The fourth-order valence-electron chi connectivity index (χ4n) is 15.3. The molecular weight excluding hydrogens is 1680 g/mol. The van der Waals surface area contributed by atoms with E-state index >= 15 is 0 Å². The number of unbranched alkanes of at least 4 members (excludes halogenated alkanes) is 4. The Morgan fingerprint density at radius 2 is 0.939 bits per heavy atom. The minimum Gasteiger partial charge on any atom is -0.357 e. The molecule has 0 aliphatic heterocycles. The second-order valence-corrected chi connectivity index (χ2v) is 50.6. The molecule has 132 heavy (non-hydrogen) atoms. The van der Waals surface area contributed by atoms with Gasteiger partial charge in [-0.2, -0.15) is 0 Å². The summed E-state index contributed by atoms with van der Waals surface area (Å²) in [4.78, 5) is 35.2. The van der Waals surface area contributed by atoms with Crippen molar-refractivity contribution in [1.82, 2.24) is 29.5 Å². The van der Waals surface area contributed by atoms with Gasteiger partial charge in [0.1, 0.15) is 9.99 Å². The third kappa shape index (κ3) is 58.9. The van der Waals surface area contributed by atoms with Crippen molar-refractivity contribution in [1.29, 1.82) is 0 Å². The molecule has 8 aromatic rings. The number of ketones is 1. The lowest BCUT2D eigenvalue weighted by molar-refractivity contribution is -0.905. The SMILES string of the molecule is C.CC(C)CC1CCC(C(C)C)CC1.CC(C)CCC(=O)C(C)C.CC(C)CCCC(C)C.CC(C)CCCCCCCC(C)C.CC(C)Cc1cc(C(C)C)c[n+](O)c1.CC(C)Cc1cc2nc(C(C)C)ccc2[nH]1.CC(C)Cc1cc2nc(C(C)C)ccc2n1C.CC(C)Cc1ccnc(C(C)C)c1.CC(C)Cc1cnc(C(C)C)s1.CC(C)c1ccc(S(=O)(=O)C(C)C)s1. The van der Waals surface area contributed by atoms with E-state index < -0.39 is 9.84 Å². The quantitative estimate of drug-likeness (QED) is 0.0222. The van der Waals surface area contributed by atoms with Crippen LogP contribution in [0.2, 0.25) is 0 Å². The molecule has 0 radical (unpaired) electrons. The van der Waals surface area contributed by atoms with Crippen molar-refractivity contribution < 1.29 is 23.1 Å². The maximum Gasteiger partial charge on any atom is 0.225 e. The van der Waals surface area contributed by atoms with Crippen LogP contribution in [-0.4, -0.2) is 54.1 Å². The van der Waals surface area contributed by atoms with Crippen LogP contribution in [-0.2, 0) is 53.8 Å². The molecule has 0 atom stereocenters. The van der Waals surface area contributed by atoms with Gasteiger partial charge in [0.25, 0.3) is 0 Å². The fraction of sp³-hybridized carbons (Fsp3) is 0.729. The van der Waals surface area contributed by atoms with Crippen molar-refractivity contribution >= 4 is 60.4 Å². The van der Waals surface area contributed by atoms with Gasteiger partial charge >= 0.3 is 0 Å². The Kier molecular flexibility index (Phi) is 67.4. The number of thiophene rings is 1. The van der Waals surface area contributed by atoms with Crippen LogP contribution in [0.25, 0.3) is 22.1 Å². The van der Waals surface area contributed by atoms with Crippen molar-refractivity contribution in [3.05, 3.63) is 151 Å². The monoisotopic (exact) mass is 1890 g/mol. The number of pyridine rings is 4. The second kappa shape index (κ2) is 69.3. The van der Waals surface area contributed by atoms with E-state index in [9.17, 15) is 18.4 Å². The molecule has 8 aromatic heterocycles. The summed E-state index contributed by atoms with van der Waals surface area (Å²) in [5.41, 5.74) is 14.6. The van der Waals surface area contributed by atoms with Crippen LogP contribution in [0.15, 0.2) is 95.7 Å². The lowest BCUT2D eigenvalue weighted by Gasteiger charge is -2.31. The smallest absolute Gasteiger partial charge is 0.225 e. The summed E-state index contributed by atoms with van der Waals surface area (Å²) >= 11 is 3.25. The van der Waals surface area contributed by atoms with Gasteiger partial charge in [-0.25, -0.2) is 13.4 Å². The van der Waals surface area contributed by atoms with E-state index in [2.05, 4.69) is 335 Å². The molecule has 0 saturated heterocycles. The van der Waals surface area contributed by atoms with Crippen molar-refractivity contribution in [3.8, 4) is 0 Å². The number of aryl methyl sites for hydroxylation is 1. The van der Waals surface area contributed by atoms with Gasteiger partial charge in [-0.3, -0.25) is 25.0 Å². The Hall–Kier alpha value is -5.57. The molecule has 1 aliphatic rings. The van der Waals surface area contributed by atoms with E-state index in [4.69, 9.17) is 4.98 Å². The summed E-state index contributed by atoms with van der Waals surface area (Å²) in [5.74, 6) is 15.2. The first-order valence-electron chi connectivity index (χ1n) is 52.4. The number of carbonyl (C=O) groups excluding carboxylic acids is 1. The lowest BCUT2D eigenvalue weighted by atomic mass is 9.75. The average molecular weight is 1890 g/mol. The maximum absolute atomic E-state index is 11.8. The van der Waals surface area contributed by atoms with Gasteiger partial charge in [0.15, 0.2) is 9.84 Å². The third-order valence-corrected chi connectivity index (χ3v) is 28.8. The third-order valence-electron chi connectivity index (χ3n) is 23.4. The number of aromatic amines is 1. The summed E-state index contributed by atoms with van der Waals surface area (Å²) in [6, 6.07) is 23.2. The van der Waals surface area contributed by atoms with Crippen molar-refractivity contribution in [2.24, 2.45) is 95.8 Å². The van der Waals surface area contributed by atoms with E-state index in [1.54, 1.807) is 32.3 Å². The molecule has 758 valence electrons. The van der Waals surface area contributed by atoms with Crippen LogP contribution >= 0.6 is 22.7 Å². The molecule has 2 N–H and O–H groups in total. The van der Waals surface area contributed by atoms with E-state index in [1.807, 2.05) is 43.6 Å². The summed E-state index contributed by atoms with van der Waals surface area (Å²) in [7, 11) is -0.935. The molecule has 1 aliphatic carbocycles. The van der Waals surface area contributed by atoms with E-state index in [0.29, 0.717) is 69.2 Å². The highest BCUT2D eigenvalue weighted by atomic mass is 32.2. The number of carbonyl (C=O) groups is 1. The minimum atomic E-state index is -3.07. The topological polar surface area (TPSA) is 148 Å². The molecule has 9 rings (SSSR count). The number of rotatable bonds is 37. The largest absolute Gasteiger partial charge is 0.357 e. The Balaban J connectivity index is 0. The number of thiazole rings is 1. The summed E-state index contributed by atoms with van der Waals surface area (Å²) in [5, 5.41) is 10.4. The van der Waals surface area contributed by atoms with Crippen LogP contribution in [0.4, 0.5) is 0 Å². The Morgan fingerprint density at radius 3 is 1.37 bits per heavy atom. The predicted octanol–water partition coefficient (Wildman–Crippen LogP) is 36.5. The number of fused-ring (bicyclic) bond motifs is 2. The summed E-state index contributed by atoms with van der Waals surface area (Å²) in [6.45, 7) is 87.8. The number of sulfone groups is 1. The number of aromatic nitrogens is 7. The highest BCUT2D eigenvalue weighted by molar-refractivity contribution is 7.94. The first kappa shape index (κ1) is 128. The Bertz CT molecular complexity index is 4310. The zero-order chi connectivity index (χ0) is 100. The number of H-pyrrole nitrogens is 1. The van der Waals surface area contributed by atoms with Crippen LogP contribution in [0, 0.1) is 88.8 Å². The van der Waals surface area contributed by atoms with Gasteiger partial charge in [0, 0.05) is 91.8 Å². The molecule has 0 spiro atoms. The number of nitrogens with one attached hydrogen (secondary N) is 1. The summed E-state index contributed by atoms with van der Waals surface area (Å²) < 4.78 is 27.5. The zero-order valence-corrected chi connectivity index (χ0v) is 94.9. The van der Waals surface area contributed by atoms with Crippen molar-refractivity contribution in [2.45, 2.75) is 471 Å². The minimum absolute atomic E-state index is 0. The van der Waals surface area contributed by atoms with Crippen LogP contribution in [0.1, 0.15) is 489 Å². The highest BCUT2D eigenvalue weighted by Crippen LogP contribution is 2.37. The first-order valence-corrected chi connectivity index (χ1v) is 55.6. The van der Waals surface area contributed by atoms with Crippen molar-refractivity contribution in [3.63, 3.8) is 0 Å². The molecule has 1 fully saturated rings. The van der Waals surface area contributed by atoms with Gasteiger partial charge in [-0.15, -0.1) is 22.7 Å². The molecule has 0 bridgehead atoms. The molecule has 8 heterocycles. The number of hydrogen-bond acceptors (Lipinski definition) is 10. The zero-order valence-electron chi connectivity index (χ0n) is 92.5. The van der Waals surface area contributed by atoms with Gasteiger partial charge < -0.3 is 9.55 Å². The molecule has 11 nitrogen and oxygen atoms in total. The lowest BCUT2D eigenvalue weighted by Crippen LogP contribution is -2.30. The summed E-state index contributed by atoms with van der Waals surface area (Å²) in [6.07, 6.45) is 36.6. The second-order valence-electron chi connectivity index (χ2n) is 45.6. The number of Topliss-reactive ketones (excluding diaryl/α,β-unsaturated/α-hetero) is 1. The van der Waals surface area contributed by atoms with E-state index in [-0.39, 0.29) is 18.6 Å². The maximum atomic E-state index is 11.8. The van der Waals surface area contributed by atoms with Gasteiger partial charge in [-0.1, -0.05) is 348 Å². The van der Waals surface area contributed by atoms with Gasteiger partial charge in [0.2, 0.25) is 12.4 Å². The molecule has 0 unspecified atom stereocenters. The molecular formula is C118H210N7O4S3+. The van der Waals surface area contributed by atoms with Gasteiger partial charge in [-0.05, 0) is 256 Å². The first-order chi connectivity index (χ1) is 60.9. The predicted molar refractivity (Wildman–Crippen MR) is 587 cm³/mol. The fourth-order valence-corrected chi connectivity index (χ4v) is 19.2. The molecule has 0 aromatic carbocycles. The Morgan fingerprint density at radius 1 is 0.455 bits per heavy atom. The van der Waals surface area contributed by atoms with E-state index in [1.165, 1.54) is 179 Å². The highest BCUT2D eigenvalue weighted by Gasteiger charge is 2.25. The van der Waals surface area contributed by atoms with Crippen LogP contribution in [0.3, 0.4) is 0 Å². The molecule has 1 saturated carbocycles. The average Bonchev–Trinajstić information content (AvgIpc) is 1.64. The van der Waals surface area contributed by atoms with Gasteiger partial charge in [0.05, 0.1) is 32.3 Å². The Labute approximate surface area is 825 Å². The van der Waals surface area contributed by atoms with Crippen LogP contribution < -0.4 is 4.73 Å². The normalized spacial score (nSPS) is 13.4. The van der Waals surface area contributed by atoms with E-state index in [0.717, 1.165) is 119 Å². The number of nitrogens with zero attached hydrogens (tertiary/aromatic N) is 6. The standard InChI is InChI=1S/C15H22N2.C14H20N2.C13H26.C13H28.C12H20NO.C12H19N.C10H17NS.C10H16O2S2.C9H18O.C9H20.CH4/c1-10(2)8-12-9-14-15(17(12)5)7-6-13(16-14)11(3)4;1-9(2)7-11-8-14-13(15-11)6-5-12(16-14)10(3)4;1-10(2)9-12-5-7-13(8-6-12)11(3)4;1-12(2)10-8-6-5-7-9-11-13(3)4;1-9(2)5-11-6-12(10(3)4)8-13(14)7-11;1-9(2)7-11-5-6-13-12(8-11)10(3)4;1-7(2)5-9-6-11-10(12-9)8(3)4;1-7(2)9-5-6-10(13-9)14(11,12)8(3)4;1-7(2)5-6-9(10)8(3)4;1-8(2)6-5-7-9(3)4;/h6-7,9-11H,8H2,1-5H3;5-6,8-10,15H,7H2,1-4H3;10-13H,5-9H2,1-4H3;12-13H,5-11H2,1-4H3;6-10,14H,5H2,1-4H3;5-6,8-10H,7H2,1-4H3;6-8H,5H2,1-4H3;5-8H,1-4H3;7-8H,5-6H2,1-4H3;8-9H,5-7H2,1-4H3;1H4/q;;;;+1;;;;;;.